The quantitative estimate of drug-likeness (QED) is 0.767. The molecule has 2 heteroatoms. The summed E-state index contributed by atoms with van der Waals surface area (Å²) >= 11 is 5.82. The Balaban J connectivity index is 1.96. The Hall–Kier alpha value is -1.34. The van der Waals surface area contributed by atoms with Crippen molar-refractivity contribution >= 4 is 11.6 Å². The molecule has 76 valence electrons. The van der Waals surface area contributed by atoms with Gasteiger partial charge >= 0.3 is 0 Å². The third-order valence-corrected chi connectivity index (χ3v) is 2.59. The standard InChI is InChI=1S/C13H12ClN/c14-13-7-5-11(6-8-13)3-4-12-2-1-9-15-10-12/h1-2,5-10H,3-4H2. The largest absolute Gasteiger partial charge is 0.264 e. The summed E-state index contributed by atoms with van der Waals surface area (Å²) in [5.74, 6) is 0. The number of aromatic nitrogens is 1. The molecule has 0 fully saturated rings. The van der Waals surface area contributed by atoms with Gasteiger partial charge in [0.15, 0.2) is 0 Å². The van der Waals surface area contributed by atoms with Crippen molar-refractivity contribution in [2.75, 3.05) is 0 Å². The van der Waals surface area contributed by atoms with Crippen LogP contribution in [0.15, 0.2) is 48.8 Å². The summed E-state index contributed by atoms with van der Waals surface area (Å²) in [6.07, 6.45) is 5.76. The number of nitrogens with zero attached hydrogens (tertiary/aromatic N) is 1. The zero-order valence-corrected chi connectivity index (χ0v) is 9.11. The highest BCUT2D eigenvalue weighted by Gasteiger charge is 1.95. The van der Waals surface area contributed by atoms with Crippen LogP contribution in [0.25, 0.3) is 0 Å². The topological polar surface area (TPSA) is 12.9 Å². The summed E-state index contributed by atoms with van der Waals surface area (Å²) in [7, 11) is 0. The highest BCUT2D eigenvalue weighted by Crippen LogP contribution is 2.11. The minimum Gasteiger partial charge on any atom is -0.264 e. The first-order chi connectivity index (χ1) is 7.34. The van der Waals surface area contributed by atoms with Crippen LogP contribution in [0.1, 0.15) is 11.1 Å². The summed E-state index contributed by atoms with van der Waals surface area (Å²) < 4.78 is 0. The van der Waals surface area contributed by atoms with E-state index in [0.717, 1.165) is 17.9 Å². The van der Waals surface area contributed by atoms with Crippen LogP contribution in [-0.2, 0) is 12.8 Å². The second-order valence-electron chi connectivity index (χ2n) is 3.49. The summed E-state index contributed by atoms with van der Waals surface area (Å²) in [5.41, 5.74) is 2.58. The van der Waals surface area contributed by atoms with E-state index in [1.165, 1.54) is 11.1 Å². The monoisotopic (exact) mass is 217 g/mol. The molecule has 0 atom stereocenters. The van der Waals surface area contributed by atoms with Crippen molar-refractivity contribution in [3.8, 4) is 0 Å². The Morgan fingerprint density at radius 3 is 2.33 bits per heavy atom. The Labute approximate surface area is 94.7 Å². The van der Waals surface area contributed by atoms with Gasteiger partial charge in [0.1, 0.15) is 0 Å². The van der Waals surface area contributed by atoms with Crippen LogP contribution < -0.4 is 0 Å². The molecule has 1 aromatic heterocycles. The number of benzene rings is 1. The Morgan fingerprint density at radius 1 is 0.933 bits per heavy atom. The van der Waals surface area contributed by atoms with Gasteiger partial charge in [0.2, 0.25) is 0 Å². The molecule has 15 heavy (non-hydrogen) atoms. The molecule has 0 aliphatic rings. The zero-order valence-electron chi connectivity index (χ0n) is 8.36. The average Bonchev–Trinajstić information content (AvgIpc) is 2.30. The summed E-state index contributed by atoms with van der Waals surface area (Å²) in [6, 6.07) is 12.1. The average molecular weight is 218 g/mol. The minimum absolute atomic E-state index is 0.792. The molecule has 0 saturated heterocycles. The Bertz CT molecular complexity index is 408. The van der Waals surface area contributed by atoms with Gasteiger partial charge in [-0.25, -0.2) is 0 Å². The number of pyridine rings is 1. The first-order valence-corrected chi connectivity index (χ1v) is 5.36. The molecule has 0 radical (unpaired) electrons. The van der Waals surface area contributed by atoms with Gasteiger partial charge in [0.25, 0.3) is 0 Å². The van der Waals surface area contributed by atoms with Crippen LogP contribution in [-0.4, -0.2) is 4.98 Å². The molecule has 0 N–H and O–H groups in total. The number of hydrogen-bond donors (Lipinski definition) is 0. The van der Waals surface area contributed by atoms with Crippen molar-refractivity contribution in [2.24, 2.45) is 0 Å². The normalized spacial score (nSPS) is 10.2. The van der Waals surface area contributed by atoms with Gasteiger partial charge in [0, 0.05) is 17.4 Å². The molecular formula is C13H12ClN. The van der Waals surface area contributed by atoms with Crippen molar-refractivity contribution in [1.82, 2.24) is 4.98 Å². The molecule has 0 saturated carbocycles. The van der Waals surface area contributed by atoms with E-state index in [9.17, 15) is 0 Å². The molecular weight excluding hydrogens is 206 g/mol. The minimum atomic E-state index is 0.792. The van der Waals surface area contributed by atoms with Crippen LogP contribution in [0.4, 0.5) is 0 Å². The van der Waals surface area contributed by atoms with Crippen LogP contribution >= 0.6 is 11.6 Å². The van der Waals surface area contributed by atoms with Gasteiger partial charge in [-0.3, -0.25) is 4.98 Å². The van der Waals surface area contributed by atoms with Gasteiger partial charge in [-0.05, 0) is 42.2 Å². The lowest BCUT2D eigenvalue weighted by Gasteiger charge is -2.01. The third-order valence-electron chi connectivity index (χ3n) is 2.34. The van der Waals surface area contributed by atoms with Gasteiger partial charge in [-0.2, -0.15) is 0 Å². The fourth-order valence-corrected chi connectivity index (χ4v) is 1.61. The van der Waals surface area contributed by atoms with E-state index < -0.39 is 0 Å². The highest BCUT2D eigenvalue weighted by atomic mass is 35.5. The summed E-state index contributed by atoms with van der Waals surface area (Å²) in [5, 5.41) is 0.792. The molecule has 0 unspecified atom stereocenters. The third kappa shape index (κ3) is 3.07. The van der Waals surface area contributed by atoms with E-state index in [1.54, 1.807) is 6.20 Å². The number of rotatable bonds is 3. The number of hydrogen-bond acceptors (Lipinski definition) is 1. The van der Waals surface area contributed by atoms with Crippen molar-refractivity contribution in [3.63, 3.8) is 0 Å². The molecule has 0 spiro atoms. The van der Waals surface area contributed by atoms with E-state index in [-0.39, 0.29) is 0 Å². The fraction of sp³-hybridized carbons (Fsp3) is 0.154. The molecule has 0 bridgehead atoms. The molecule has 2 aromatic rings. The van der Waals surface area contributed by atoms with Crippen molar-refractivity contribution < 1.29 is 0 Å². The van der Waals surface area contributed by atoms with Crippen LogP contribution in [0.3, 0.4) is 0 Å². The van der Waals surface area contributed by atoms with E-state index in [4.69, 9.17) is 11.6 Å². The van der Waals surface area contributed by atoms with E-state index in [0.29, 0.717) is 0 Å². The lowest BCUT2D eigenvalue weighted by molar-refractivity contribution is 0.950. The van der Waals surface area contributed by atoms with Gasteiger partial charge in [-0.1, -0.05) is 29.8 Å². The first-order valence-electron chi connectivity index (χ1n) is 4.98. The van der Waals surface area contributed by atoms with E-state index in [1.807, 2.05) is 24.4 Å². The fourth-order valence-electron chi connectivity index (χ4n) is 1.49. The van der Waals surface area contributed by atoms with Gasteiger partial charge in [0.05, 0.1) is 0 Å². The van der Waals surface area contributed by atoms with Crippen molar-refractivity contribution in [3.05, 3.63) is 64.9 Å². The first kappa shape index (κ1) is 10.2. The van der Waals surface area contributed by atoms with Gasteiger partial charge < -0.3 is 0 Å². The maximum absolute atomic E-state index is 5.82. The Morgan fingerprint density at radius 2 is 1.67 bits per heavy atom. The zero-order chi connectivity index (χ0) is 10.5. The van der Waals surface area contributed by atoms with Crippen LogP contribution in [0, 0.1) is 0 Å². The molecule has 0 aliphatic heterocycles. The van der Waals surface area contributed by atoms with E-state index >= 15 is 0 Å². The highest BCUT2D eigenvalue weighted by molar-refractivity contribution is 6.30. The number of aryl methyl sites for hydroxylation is 2. The van der Waals surface area contributed by atoms with E-state index in [2.05, 4.69) is 23.2 Å². The van der Waals surface area contributed by atoms with Crippen LogP contribution in [0.2, 0.25) is 5.02 Å². The SMILES string of the molecule is Clc1ccc(CCc2cccnc2)cc1. The molecule has 0 amide bonds. The van der Waals surface area contributed by atoms with Crippen molar-refractivity contribution in [2.45, 2.75) is 12.8 Å². The molecule has 2 rings (SSSR count). The molecule has 1 aromatic carbocycles. The predicted molar refractivity (Wildman–Crippen MR) is 63.1 cm³/mol. The maximum Gasteiger partial charge on any atom is 0.0406 e. The molecule has 1 nitrogen and oxygen atoms in total. The lowest BCUT2D eigenvalue weighted by atomic mass is 10.1. The lowest BCUT2D eigenvalue weighted by Crippen LogP contribution is -1.91. The van der Waals surface area contributed by atoms with Gasteiger partial charge in [-0.15, -0.1) is 0 Å². The molecule has 1 heterocycles. The number of halogens is 1. The van der Waals surface area contributed by atoms with Crippen LogP contribution in [0.5, 0.6) is 0 Å². The summed E-state index contributed by atoms with van der Waals surface area (Å²) in [6.45, 7) is 0. The summed E-state index contributed by atoms with van der Waals surface area (Å²) in [4.78, 5) is 4.09. The van der Waals surface area contributed by atoms with Crippen molar-refractivity contribution in [1.29, 1.82) is 0 Å². The predicted octanol–water partition coefficient (Wildman–Crippen LogP) is 3.52. The maximum atomic E-state index is 5.82. The smallest absolute Gasteiger partial charge is 0.0406 e. The second kappa shape index (κ2) is 4.94. The second-order valence-corrected chi connectivity index (χ2v) is 3.92. The Kier molecular flexibility index (Phi) is 3.36. The molecule has 0 aliphatic carbocycles.